The summed E-state index contributed by atoms with van der Waals surface area (Å²) in [4.78, 5) is 30.0. The molecule has 0 atom stereocenters. The fourth-order valence-corrected chi connectivity index (χ4v) is 2.44. The summed E-state index contributed by atoms with van der Waals surface area (Å²) in [5, 5.41) is 2.70. The van der Waals surface area contributed by atoms with E-state index in [0.29, 0.717) is 13.1 Å². The smallest absolute Gasteiger partial charge is 0.296 e. The Balaban J connectivity index is 0.00000420. The van der Waals surface area contributed by atoms with Crippen LogP contribution in [0.2, 0.25) is 0 Å². The minimum Gasteiger partial charge on any atom is -0.463 e. The first-order valence-corrected chi connectivity index (χ1v) is 8.27. The molecule has 0 aliphatic rings. The van der Waals surface area contributed by atoms with Crippen molar-refractivity contribution in [3.63, 3.8) is 0 Å². The Morgan fingerprint density at radius 2 is 1.80 bits per heavy atom. The molecule has 166 valence electrons. The summed E-state index contributed by atoms with van der Waals surface area (Å²) < 4.78 is 31.2. The van der Waals surface area contributed by atoms with Gasteiger partial charge in [0.25, 0.3) is 18.2 Å². The number of guanidine groups is 1. The van der Waals surface area contributed by atoms with Crippen LogP contribution >= 0.6 is 24.8 Å². The zero-order chi connectivity index (χ0) is 20.8. The van der Waals surface area contributed by atoms with Gasteiger partial charge in [-0.2, -0.15) is 4.99 Å². The van der Waals surface area contributed by atoms with Gasteiger partial charge in [0.2, 0.25) is 0 Å². The Morgan fingerprint density at radius 1 is 1.17 bits per heavy atom. The monoisotopic (exact) mass is 465 g/mol. The molecular weight excluding hydrogens is 443 g/mol. The van der Waals surface area contributed by atoms with Gasteiger partial charge < -0.3 is 26.1 Å². The lowest BCUT2D eigenvalue weighted by atomic mass is 9.99. The fraction of sp³-hybridized carbons (Fsp3) is 0.278. The van der Waals surface area contributed by atoms with Crippen molar-refractivity contribution in [2.24, 2.45) is 16.5 Å². The number of hydrogen-bond acceptors (Lipinski definition) is 4. The zero-order valence-corrected chi connectivity index (χ0v) is 17.9. The highest BCUT2D eigenvalue weighted by Gasteiger charge is 2.21. The molecule has 0 spiro atoms. The van der Waals surface area contributed by atoms with Gasteiger partial charge in [-0.25, -0.2) is 8.78 Å². The number of hydrogen-bond donors (Lipinski definition) is 3. The lowest BCUT2D eigenvalue weighted by Crippen LogP contribution is -2.31. The molecule has 0 radical (unpaired) electrons. The second-order valence-electron chi connectivity index (χ2n) is 6.20. The Morgan fingerprint density at radius 3 is 2.37 bits per heavy atom. The maximum atomic E-state index is 13.2. The number of nitrogens with one attached hydrogen (secondary N) is 1. The molecule has 0 fully saturated rings. The van der Waals surface area contributed by atoms with E-state index in [0.717, 1.165) is 6.26 Å². The van der Waals surface area contributed by atoms with Gasteiger partial charge in [-0.15, -0.1) is 24.8 Å². The Hall–Kier alpha value is -2.69. The number of carbonyl (C=O) groups is 2. The Kier molecular flexibility index (Phi) is 11.0. The number of aliphatic imine (C=N–C) groups is 1. The first kappa shape index (κ1) is 27.3. The molecule has 0 unspecified atom stereocenters. The summed E-state index contributed by atoms with van der Waals surface area (Å²) in [6.45, 7) is 0.962. The lowest BCUT2D eigenvalue weighted by Gasteiger charge is -2.12. The van der Waals surface area contributed by atoms with E-state index in [-0.39, 0.29) is 47.1 Å². The highest BCUT2D eigenvalue weighted by molar-refractivity contribution is 6.05. The molecular formula is C18H23Cl2F2N5O3. The first-order valence-electron chi connectivity index (χ1n) is 8.27. The molecule has 1 aromatic heterocycles. The SMILES string of the molecule is CN(C)CCNC(=O)c1cc(C(=O)N=C(N)N)cc(-c2ccoc2C(F)F)c1.Cl.Cl. The molecule has 0 bridgehead atoms. The quantitative estimate of drug-likeness (QED) is 0.425. The van der Waals surface area contributed by atoms with Crippen LogP contribution in [0.5, 0.6) is 0 Å². The predicted octanol–water partition coefficient (Wildman–Crippen LogP) is 2.43. The second-order valence-corrected chi connectivity index (χ2v) is 6.20. The van der Waals surface area contributed by atoms with Crippen molar-refractivity contribution >= 4 is 42.6 Å². The number of amides is 2. The van der Waals surface area contributed by atoms with Crippen LogP contribution in [0.25, 0.3) is 11.1 Å². The van der Waals surface area contributed by atoms with Gasteiger partial charge in [0.15, 0.2) is 11.7 Å². The van der Waals surface area contributed by atoms with Crippen molar-refractivity contribution in [3.05, 3.63) is 47.4 Å². The third-order valence-corrected chi connectivity index (χ3v) is 3.72. The number of alkyl halides is 2. The van der Waals surface area contributed by atoms with Gasteiger partial charge in [-0.1, -0.05) is 0 Å². The van der Waals surface area contributed by atoms with Gasteiger partial charge in [-0.05, 0) is 43.9 Å². The van der Waals surface area contributed by atoms with Crippen LogP contribution in [-0.2, 0) is 0 Å². The number of likely N-dealkylation sites (N-methyl/N-ethyl adjacent to an activating group) is 1. The van der Waals surface area contributed by atoms with Crippen LogP contribution in [0.1, 0.15) is 32.9 Å². The number of halogens is 4. The van der Waals surface area contributed by atoms with Crippen LogP contribution in [0.4, 0.5) is 8.78 Å². The van der Waals surface area contributed by atoms with Crippen molar-refractivity contribution in [3.8, 4) is 11.1 Å². The number of rotatable bonds is 7. The van der Waals surface area contributed by atoms with Gasteiger partial charge in [-0.3, -0.25) is 9.59 Å². The molecule has 0 aliphatic heterocycles. The second kappa shape index (κ2) is 12.1. The summed E-state index contributed by atoms with van der Waals surface area (Å²) in [6.07, 6.45) is -1.75. The normalized spacial score (nSPS) is 10.2. The summed E-state index contributed by atoms with van der Waals surface area (Å²) in [5.74, 6) is -2.29. The third kappa shape index (κ3) is 7.29. The molecule has 1 heterocycles. The largest absolute Gasteiger partial charge is 0.463 e. The van der Waals surface area contributed by atoms with E-state index >= 15 is 0 Å². The Bertz CT molecular complexity index is 900. The fourth-order valence-electron chi connectivity index (χ4n) is 2.44. The minimum atomic E-state index is -2.86. The van der Waals surface area contributed by atoms with Crippen LogP contribution < -0.4 is 16.8 Å². The van der Waals surface area contributed by atoms with Gasteiger partial charge >= 0.3 is 0 Å². The summed E-state index contributed by atoms with van der Waals surface area (Å²) in [7, 11) is 3.70. The number of nitrogens with zero attached hydrogens (tertiary/aromatic N) is 2. The van der Waals surface area contributed by atoms with E-state index in [1.165, 1.54) is 24.3 Å². The molecule has 30 heavy (non-hydrogen) atoms. The summed E-state index contributed by atoms with van der Waals surface area (Å²) in [6, 6.07) is 5.35. The minimum absolute atomic E-state index is 0. The maximum absolute atomic E-state index is 13.2. The van der Waals surface area contributed by atoms with E-state index < -0.39 is 30.0 Å². The van der Waals surface area contributed by atoms with E-state index in [9.17, 15) is 18.4 Å². The van der Waals surface area contributed by atoms with Crippen LogP contribution in [-0.4, -0.2) is 49.9 Å². The van der Waals surface area contributed by atoms with E-state index in [4.69, 9.17) is 15.9 Å². The van der Waals surface area contributed by atoms with Gasteiger partial charge in [0.1, 0.15) is 0 Å². The summed E-state index contributed by atoms with van der Waals surface area (Å²) >= 11 is 0. The molecule has 0 saturated heterocycles. The third-order valence-electron chi connectivity index (χ3n) is 3.72. The molecule has 2 amide bonds. The van der Waals surface area contributed by atoms with Crippen molar-refractivity contribution < 1.29 is 22.8 Å². The van der Waals surface area contributed by atoms with E-state index in [1.807, 2.05) is 19.0 Å². The average molecular weight is 466 g/mol. The van der Waals surface area contributed by atoms with Crippen molar-refractivity contribution in [2.75, 3.05) is 27.2 Å². The highest BCUT2D eigenvalue weighted by atomic mass is 35.5. The van der Waals surface area contributed by atoms with Crippen molar-refractivity contribution in [1.29, 1.82) is 0 Å². The first-order chi connectivity index (χ1) is 13.2. The summed E-state index contributed by atoms with van der Waals surface area (Å²) in [5.41, 5.74) is 10.8. The molecule has 12 heteroatoms. The molecule has 0 aliphatic carbocycles. The van der Waals surface area contributed by atoms with Gasteiger partial charge in [0.05, 0.1) is 6.26 Å². The number of benzene rings is 1. The van der Waals surface area contributed by atoms with Crippen LogP contribution in [0, 0.1) is 0 Å². The highest BCUT2D eigenvalue weighted by Crippen LogP contribution is 2.33. The van der Waals surface area contributed by atoms with Crippen LogP contribution in [0.3, 0.4) is 0 Å². The molecule has 2 aromatic rings. The molecule has 2 rings (SSSR count). The number of carbonyl (C=O) groups excluding carboxylic acids is 2. The molecule has 5 N–H and O–H groups in total. The molecule has 8 nitrogen and oxygen atoms in total. The number of furan rings is 1. The van der Waals surface area contributed by atoms with Gasteiger partial charge in [0, 0.05) is 29.8 Å². The van der Waals surface area contributed by atoms with Crippen molar-refractivity contribution in [1.82, 2.24) is 10.2 Å². The van der Waals surface area contributed by atoms with E-state index in [1.54, 1.807) is 0 Å². The topological polar surface area (TPSA) is 127 Å². The lowest BCUT2D eigenvalue weighted by molar-refractivity contribution is 0.0951. The maximum Gasteiger partial charge on any atom is 0.296 e. The van der Waals surface area contributed by atoms with Crippen LogP contribution in [0.15, 0.2) is 39.9 Å². The molecule has 0 saturated carbocycles. The molecule has 1 aromatic carbocycles. The average Bonchev–Trinajstić information content (AvgIpc) is 3.10. The predicted molar refractivity (Wildman–Crippen MR) is 115 cm³/mol. The zero-order valence-electron chi connectivity index (χ0n) is 16.2. The number of nitrogens with two attached hydrogens (primary N) is 2. The Labute approximate surface area is 184 Å². The van der Waals surface area contributed by atoms with Crippen molar-refractivity contribution in [2.45, 2.75) is 6.43 Å². The standard InChI is InChI=1S/C18H21F2N5O3.2ClH/c1-25(2)5-4-23-16(26)11-7-10(13-3-6-28-14(13)15(19)20)8-12(9-11)17(27)24-18(21)22;;/h3,6-9,15H,4-5H2,1-2H3,(H,23,26)(H4,21,22,24,27);2*1H. The van der Waals surface area contributed by atoms with E-state index in [2.05, 4.69) is 10.3 Å².